The van der Waals surface area contributed by atoms with Crippen LogP contribution in [-0.2, 0) is 21.4 Å². The Kier molecular flexibility index (Phi) is 3.26. The van der Waals surface area contributed by atoms with Crippen molar-refractivity contribution in [3.8, 4) is 0 Å². The number of carbonyl (C=O) groups excluding carboxylic acids is 2. The van der Waals surface area contributed by atoms with Crippen LogP contribution in [0.3, 0.4) is 0 Å². The summed E-state index contributed by atoms with van der Waals surface area (Å²) in [6.45, 7) is 3.63. The Morgan fingerprint density at radius 3 is 2.52 bits per heavy atom. The van der Waals surface area contributed by atoms with Gasteiger partial charge in [0.2, 0.25) is 11.8 Å². The normalized spacial score (nSPS) is 33.2. The van der Waals surface area contributed by atoms with Gasteiger partial charge in [0.15, 0.2) is 5.82 Å². The molecule has 1 saturated carbocycles. The Morgan fingerprint density at radius 1 is 1.20 bits per heavy atom. The first-order valence-corrected chi connectivity index (χ1v) is 9.27. The van der Waals surface area contributed by atoms with E-state index < -0.39 is 0 Å². The minimum Gasteiger partial charge on any atom is -0.381 e. The van der Waals surface area contributed by atoms with Crippen molar-refractivity contribution in [1.29, 1.82) is 0 Å². The van der Waals surface area contributed by atoms with Crippen LogP contribution < -0.4 is 4.90 Å². The van der Waals surface area contributed by atoms with Crippen molar-refractivity contribution in [3.63, 3.8) is 0 Å². The fraction of sp³-hybridized carbons (Fsp3) is 0.722. The number of rotatable bonds is 2. The van der Waals surface area contributed by atoms with Gasteiger partial charge in [-0.05, 0) is 31.1 Å². The summed E-state index contributed by atoms with van der Waals surface area (Å²) in [4.78, 5) is 29.6. The van der Waals surface area contributed by atoms with Gasteiger partial charge < -0.3 is 9.64 Å². The molecular formula is C18H24N4O3. The molecule has 1 aromatic heterocycles. The third-order valence-corrected chi connectivity index (χ3v) is 6.76. The molecule has 0 radical (unpaired) electrons. The molecule has 1 aromatic rings. The number of carbonyl (C=O) groups is 2. The van der Waals surface area contributed by atoms with Gasteiger partial charge in [0.1, 0.15) is 0 Å². The first kappa shape index (κ1) is 15.4. The monoisotopic (exact) mass is 344 g/mol. The molecule has 4 aliphatic rings. The summed E-state index contributed by atoms with van der Waals surface area (Å²) in [6, 6.07) is 1.89. The lowest BCUT2D eigenvalue weighted by atomic mass is 9.77. The third-order valence-electron chi connectivity index (χ3n) is 6.76. The first-order valence-electron chi connectivity index (χ1n) is 9.27. The van der Waals surface area contributed by atoms with Crippen LogP contribution in [0.2, 0.25) is 0 Å². The highest BCUT2D eigenvalue weighted by molar-refractivity contribution is 5.99. The Balaban J connectivity index is 1.24. The van der Waals surface area contributed by atoms with E-state index >= 15 is 0 Å². The quantitative estimate of drug-likeness (QED) is 0.790. The highest BCUT2D eigenvalue weighted by Gasteiger charge is 2.59. The highest BCUT2D eigenvalue weighted by atomic mass is 16.5. The molecule has 7 heteroatoms. The van der Waals surface area contributed by atoms with Gasteiger partial charge in [-0.2, -0.15) is 5.10 Å². The summed E-state index contributed by atoms with van der Waals surface area (Å²) < 4.78 is 7.12. The number of piperidine rings is 1. The molecule has 5 rings (SSSR count). The maximum atomic E-state index is 13.0. The summed E-state index contributed by atoms with van der Waals surface area (Å²) in [5.41, 5.74) is -0.295. The minimum absolute atomic E-state index is 0.187. The molecule has 4 heterocycles. The second-order valence-electron chi connectivity index (χ2n) is 8.05. The van der Waals surface area contributed by atoms with Crippen LogP contribution in [0, 0.1) is 23.2 Å². The standard InChI is InChI=1S/C18H24N4O3/c1-20-6-2-14(19-20)22-9-5-18(17(22)24)3-7-21(8-4-18)16(23)15-12-10-25-11-13(12)15/h2,6,12-13,15H,3-5,7-11H2,1H3/t12-,13+,15?. The van der Waals surface area contributed by atoms with Gasteiger partial charge in [0.05, 0.1) is 18.6 Å². The van der Waals surface area contributed by atoms with Gasteiger partial charge >= 0.3 is 0 Å². The van der Waals surface area contributed by atoms with Crippen molar-refractivity contribution >= 4 is 17.6 Å². The van der Waals surface area contributed by atoms with Crippen molar-refractivity contribution < 1.29 is 14.3 Å². The topological polar surface area (TPSA) is 67.7 Å². The zero-order valence-corrected chi connectivity index (χ0v) is 14.6. The van der Waals surface area contributed by atoms with E-state index in [1.54, 1.807) is 4.68 Å². The summed E-state index contributed by atoms with van der Waals surface area (Å²) in [5, 5.41) is 4.37. The number of hydrogen-bond acceptors (Lipinski definition) is 4. The van der Waals surface area contributed by atoms with Crippen molar-refractivity contribution in [3.05, 3.63) is 12.3 Å². The van der Waals surface area contributed by atoms with Crippen LogP contribution in [-0.4, -0.2) is 59.3 Å². The van der Waals surface area contributed by atoms with Gasteiger partial charge in [-0.3, -0.25) is 19.2 Å². The number of fused-ring (bicyclic) bond motifs is 1. The van der Waals surface area contributed by atoms with Gasteiger partial charge in [-0.25, -0.2) is 0 Å². The average Bonchev–Trinajstić information content (AvgIpc) is 2.99. The zero-order chi connectivity index (χ0) is 17.2. The maximum absolute atomic E-state index is 13.0. The zero-order valence-electron chi connectivity index (χ0n) is 14.6. The van der Waals surface area contributed by atoms with E-state index in [0.29, 0.717) is 30.8 Å². The number of aromatic nitrogens is 2. The molecule has 7 nitrogen and oxygen atoms in total. The van der Waals surface area contributed by atoms with Crippen LogP contribution in [0.1, 0.15) is 19.3 Å². The number of ether oxygens (including phenoxy) is 1. The Hall–Kier alpha value is -1.89. The summed E-state index contributed by atoms with van der Waals surface area (Å²) >= 11 is 0. The largest absolute Gasteiger partial charge is 0.381 e. The molecule has 0 bridgehead atoms. The van der Waals surface area contributed by atoms with Gasteiger partial charge in [-0.15, -0.1) is 0 Å². The molecule has 1 spiro atoms. The van der Waals surface area contributed by atoms with Crippen molar-refractivity contribution in [2.45, 2.75) is 19.3 Å². The van der Waals surface area contributed by atoms with Crippen LogP contribution in [0.4, 0.5) is 5.82 Å². The molecule has 1 aliphatic carbocycles. The van der Waals surface area contributed by atoms with Gasteiger partial charge in [0.25, 0.3) is 0 Å². The van der Waals surface area contributed by atoms with Crippen molar-refractivity contribution in [2.24, 2.45) is 30.2 Å². The molecular weight excluding hydrogens is 320 g/mol. The third kappa shape index (κ3) is 2.25. The molecule has 0 N–H and O–H groups in total. The number of nitrogens with zero attached hydrogens (tertiary/aromatic N) is 4. The maximum Gasteiger partial charge on any atom is 0.234 e. The Bertz CT molecular complexity index is 712. The average molecular weight is 344 g/mol. The lowest BCUT2D eigenvalue weighted by molar-refractivity contribution is -0.139. The highest BCUT2D eigenvalue weighted by Crippen LogP contribution is 2.52. The number of amides is 2. The molecule has 3 atom stereocenters. The fourth-order valence-corrected chi connectivity index (χ4v) is 5.02. The van der Waals surface area contributed by atoms with Crippen molar-refractivity contribution in [1.82, 2.24) is 14.7 Å². The summed E-state index contributed by atoms with van der Waals surface area (Å²) in [6.07, 6.45) is 4.29. The lowest BCUT2D eigenvalue weighted by Crippen LogP contribution is -2.47. The van der Waals surface area contributed by atoms with E-state index in [0.717, 1.165) is 44.8 Å². The second kappa shape index (κ2) is 5.30. The number of likely N-dealkylation sites (tertiary alicyclic amines) is 1. The fourth-order valence-electron chi connectivity index (χ4n) is 5.02. The molecule has 3 saturated heterocycles. The lowest BCUT2D eigenvalue weighted by Gasteiger charge is -2.38. The van der Waals surface area contributed by atoms with Crippen LogP contribution in [0.25, 0.3) is 0 Å². The minimum atomic E-state index is -0.295. The van der Waals surface area contributed by atoms with E-state index in [1.165, 1.54) is 0 Å². The molecule has 4 fully saturated rings. The number of anilines is 1. The molecule has 25 heavy (non-hydrogen) atoms. The van der Waals surface area contributed by atoms with Gasteiger partial charge in [-0.1, -0.05) is 0 Å². The van der Waals surface area contributed by atoms with E-state index in [4.69, 9.17) is 4.74 Å². The van der Waals surface area contributed by atoms with E-state index in [9.17, 15) is 9.59 Å². The van der Waals surface area contributed by atoms with E-state index in [2.05, 4.69) is 5.10 Å². The molecule has 0 aromatic carbocycles. The summed E-state index contributed by atoms with van der Waals surface area (Å²) in [7, 11) is 1.86. The number of aryl methyl sites for hydroxylation is 1. The molecule has 3 aliphatic heterocycles. The van der Waals surface area contributed by atoms with E-state index in [-0.39, 0.29) is 17.2 Å². The first-order chi connectivity index (χ1) is 12.1. The predicted molar refractivity (Wildman–Crippen MR) is 89.7 cm³/mol. The van der Waals surface area contributed by atoms with Crippen LogP contribution in [0.5, 0.6) is 0 Å². The smallest absolute Gasteiger partial charge is 0.234 e. The SMILES string of the molecule is Cn1ccc(N2CCC3(CCN(C(=O)C4[C@H]5COC[C@@H]45)CC3)C2=O)n1. The number of hydrogen-bond donors (Lipinski definition) is 0. The van der Waals surface area contributed by atoms with E-state index in [1.807, 2.05) is 29.1 Å². The van der Waals surface area contributed by atoms with Gasteiger partial charge in [0, 0.05) is 44.9 Å². The molecule has 134 valence electrons. The van der Waals surface area contributed by atoms with Crippen LogP contribution in [0.15, 0.2) is 12.3 Å². The summed E-state index contributed by atoms with van der Waals surface area (Å²) in [5.74, 6) is 2.32. The molecule has 1 unspecified atom stereocenters. The van der Waals surface area contributed by atoms with Crippen LogP contribution >= 0.6 is 0 Å². The molecule has 2 amide bonds. The Morgan fingerprint density at radius 2 is 1.88 bits per heavy atom. The second-order valence-corrected chi connectivity index (χ2v) is 8.05. The Labute approximate surface area is 146 Å². The van der Waals surface area contributed by atoms with Crippen molar-refractivity contribution in [2.75, 3.05) is 37.7 Å². The predicted octanol–water partition coefficient (Wildman–Crippen LogP) is 0.658.